The maximum Gasteiger partial charge on any atom is 0.133 e. The molecule has 0 aliphatic heterocycles. The van der Waals surface area contributed by atoms with Gasteiger partial charge in [-0.05, 0) is 6.07 Å². The molecule has 0 fully saturated rings. The Labute approximate surface area is 56.7 Å². The topological polar surface area (TPSA) is 28.7 Å². The zero-order chi connectivity index (χ0) is 6.97. The predicted molar refractivity (Wildman–Crippen MR) is 34.9 cm³/mol. The van der Waals surface area contributed by atoms with E-state index in [1.54, 1.807) is 0 Å². The van der Waals surface area contributed by atoms with E-state index in [0.717, 1.165) is 5.52 Å². The van der Waals surface area contributed by atoms with Gasteiger partial charge in [0.05, 0.1) is 17.4 Å². The van der Waals surface area contributed by atoms with Crippen molar-refractivity contribution in [1.29, 1.82) is 0 Å². The Hall–Kier alpha value is -1.38. The van der Waals surface area contributed by atoms with Gasteiger partial charge in [0.2, 0.25) is 0 Å². The van der Waals surface area contributed by atoms with Gasteiger partial charge in [0.15, 0.2) is 0 Å². The van der Waals surface area contributed by atoms with Crippen LogP contribution in [0.5, 0.6) is 0 Å². The molecule has 0 saturated heterocycles. The van der Waals surface area contributed by atoms with Gasteiger partial charge in [0, 0.05) is 12.1 Å². The van der Waals surface area contributed by atoms with Gasteiger partial charge in [-0.15, -0.1) is 0 Å². The number of rotatable bonds is 0. The normalized spacial score (nSPS) is 10.5. The highest BCUT2D eigenvalue weighted by Gasteiger charge is 1.95. The fourth-order valence-electron chi connectivity index (χ4n) is 0.851. The third-order valence-corrected chi connectivity index (χ3v) is 1.32. The summed E-state index contributed by atoms with van der Waals surface area (Å²) in [7, 11) is 0. The SMILES string of the molecule is Fc1[c]cc2nc[nH]c2c1. The van der Waals surface area contributed by atoms with Gasteiger partial charge in [-0.2, -0.15) is 0 Å². The molecule has 0 bridgehead atoms. The minimum atomic E-state index is -0.364. The molecular weight excluding hydrogens is 131 g/mol. The van der Waals surface area contributed by atoms with E-state index < -0.39 is 0 Å². The number of halogens is 1. The summed E-state index contributed by atoms with van der Waals surface area (Å²) in [4.78, 5) is 6.70. The minimum Gasteiger partial charge on any atom is -0.345 e. The van der Waals surface area contributed by atoms with Crippen LogP contribution in [0.1, 0.15) is 0 Å². The number of H-pyrrole nitrogens is 1. The largest absolute Gasteiger partial charge is 0.345 e. The van der Waals surface area contributed by atoms with E-state index in [1.165, 1.54) is 18.5 Å². The van der Waals surface area contributed by atoms with Gasteiger partial charge in [-0.25, -0.2) is 9.37 Å². The number of aromatic nitrogens is 2. The Kier molecular flexibility index (Phi) is 0.974. The highest BCUT2D eigenvalue weighted by molar-refractivity contribution is 5.73. The average molecular weight is 135 g/mol. The molecule has 1 aromatic carbocycles. The lowest BCUT2D eigenvalue weighted by atomic mass is 10.3. The zero-order valence-electron chi connectivity index (χ0n) is 5.06. The second-order valence-electron chi connectivity index (χ2n) is 1.98. The van der Waals surface area contributed by atoms with Crippen LogP contribution in [0.2, 0.25) is 0 Å². The van der Waals surface area contributed by atoms with Gasteiger partial charge in [0.25, 0.3) is 0 Å². The molecule has 3 heteroatoms. The number of benzene rings is 1. The summed E-state index contributed by atoms with van der Waals surface area (Å²) in [6, 6.07) is 5.29. The molecule has 2 aromatic rings. The molecule has 0 spiro atoms. The van der Waals surface area contributed by atoms with Crippen molar-refractivity contribution in [2.24, 2.45) is 0 Å². The third kappa shape index (κ3) is 0.673. The van der Waals surface area contributed by atoms with Gasteiger partial charge in [0.1, 0.15) is 5.82 Å². The van der Waals surface area contributed by atoms with Crippen LogP contribution in [-0.2, 0) is 0 Å². The van der Waals surface area contributed by atoms with Crippen LogP contribution < -0.4 is 0 Å². The molecule has 2 rings (SSSR count). The Bertz CT molecular complexity index is 353. The van der Waals surface area contributed by atoms with Gasteiger partial charge in [-0.3, -0.25) is 0 Å². The van der Waals surface area contributed by atoms with Gasteiger partial charge < -0.3 is 4.98 Å². The molecule has 0 atom stereocenters. The Morgan fingerprint density at radius 2 is 2.50 bits per heavy atom. The molecule has 0 unspecified atom stereocenters. The van der Waals surface area contributed by atoms with Crippen molar-refractivity contribution in [3.05, 3.63) is 30.3 Å². The lowest BCUT2D eigenvalue weighted by Gasteiger charge is -1.85. The number of nitrogens with zero attached hydrogens (tertiary/aromatic N) is 1. The minimum absolute atomic E-state index is 0.364. The number of fused-ring (bicyclic) bond motifs is 1. The fraction of sp³-hybridized carbons (Fsp3) is 0. The van der Waals surface area contributed by atoms with E-state index in [4.69, 9.17) is 0 Å². The van der Waals surface area contributed by atoms with Crippen molar-refractivity contribution in [2.75, 3.05) is 0 Å². The molecule has 0 amide bonds. The molecule has 1 aromatic heterocycles. The highest BCUT2D eigenvalue weighted by Crippen LogP contribution is 2.08. The predicted octanol–water partition coefficient (Wildman–Crippen LogP) is 1.50. The summed E-state index contributed by atoms with van der Waals surface area (Å²) in [5, 5.41) is 0. The Morgan fingerprint density at radius 1 is 1.60 bits per heavy atom. The molecular formula is C7H4FN2. The number of nitrogens with one attached hydrogen (secondary N) is 1. The van der Waals surface area contributed by atoms with E-state index in [1.807, 2.05) is 0 Å². The van der Waals surface area contributed by atoms with E-state index in [2.05, 4.69) is 16.0 Å². The van der Waals surface area contributed by atoms with E-state index in [9.17, 15) is 4.39 Å². The van der Waals surface area contributed by atoms with Crippen LogP contribution in [0.3, 0.4) is 0 Å². The van der Waals surface area contributed by atoms with Crippen molar-refractivity contribution < 1.29 is 4.39 Å². The smallest absolute Gasteiger partial charge is 0.133 e. The lowest BCUT2D eigenvalue weighted by molar-refractivity contribution is 0.627. The van der Waals surface area contributed by atoms with Crippen LogP contribution in [0.4, 0.5) is 4.39 Å². The zero-order valence-corrected chi connectivity index (χ0v) is 5.06. The Balaban J connectivity index is 2.86. The van der Waals surface area contributed by atoms with Crippen molar-refractivity contribution in [1.82, 2.24) is 9.97 Å². The Morgan fingerprint density at radius 3 is 3.40 bits per heavy atom. The molecule has 1 radical (unpaired) electrons. The van der Waals surface area contributed by atoms with Gasteiger partial charge in [-0.1, -0.05) is 0 Å². The molecule has 0 aliphatic carbocycles. The monoisotopic (exact) mass is 135 g/mol. The van der Waals surface area contributed by atoms with Crippen LogP contribution >= 0.6 is 0 Å². The average Bonchev–Trinajstić information content (AvgIpc) is 2.33. The molecule has 1 heterocycles. The fourth-order valence-corrected chi connectivity index (χ4v) is 0.851. The first-order chi connectivity index (χ1) is 4.86. The number of hydrogen-bond donors (Lipinski definition) is 1. The van der Waals surface area contributed by atoms with Crippen molar-refractivity contribution in [3.63, 3.8) is 0 Å². The number of imidazole rings is 1. The molecule has 49 valence electrons. The van der Waals surface area contributed by atoms with Crippen LogP contribution in [-0.4, -0.2) is 9.97 Å². The van der Waals surface area contributed by atoms with E-state index in [-0.39, 0.29) is 5.82 Å². The quantitative estimate of drug-likeness (QED) is 0.582. The van der Waals surface area contributed by atoms with E-state index in [0.29, 0.717) is 5.52 Å². The van der Waals surface area contributed by atoms with Crippen molar-refractivity contribution >= 4 is 11.0 Å². The first kappa shape index (κ1) is 5.41. The van der Waals surface area contributed by atoms with Crippen molar-refractivity contribution in [3.8, 4) is 0 Å². The summed E-state index contributed by atoms with van der Waals surface area (Å²) in [6.07, 6.45) is 1.53. The molecule has 0 aliphatic rings. The first-order valence-electron chi connectivity index (χ1n) is 2.86. The van der Waals surface area contributed by atoms with Crippen LogP contribution in [0.15, 0.2) is 18.5 Å². The molecule has 1 N–H and O–H groups in total. The standard InChI is InChI=1S/C7H4FN2/c8-5-1-2-6-7(3-5)10-4-9-6/h2-4H,(H,9,10). The van der Waals surface area contributed by atoms with Gasteiger partial charge >= 0.3 is 0 Å². The maximum absolute atomic E-state index is 12.4. The summed E-state index contributed by atoms with van der Waals surface area (Å²) in [5.74, 6) is -0.364. The molecule has 0 saturated carbocycles. The second kappa shape index (κ2) is 1.80. The summed E-state index contributed by atoms with van der Waals surface area (Å²) in [6.45, 7) is 0. The van der Waals surface area contributed by atoms with Crippen LogP contribution in [0.25, 0.3) is 11.0 Å². The summed E-state index contributed by atoms with van der Waals surface area (Å²) >= 11 is 0. The first-order valence-corrected chi connectivity index (χ1v) is 2.86. The number of hydrogen-bond acceptors (Lipinski definition) is 1. The van der Waals surface area contributed by atoms with E-state index >= 15 is 0 Å². The number of aromatic amines is 1. The summed E-state index contributed by atoms with van der Waals surface area (Å²) in [5.41, 5.74) is 1.44. The maximum atomic E-state index is 12.4. The van der Waals surface area contributed by atoms with Crippen molar-refractivity contribution in [2.45, 2.75) is 0 Å². The van der Waals surface area contributed by atoms with Crippen LogP contribution in [0, 0.1) is 11.9 Å². The molecule has 10 heavy (non-hydrogen) atoms. The summed E-state index contributed by atoms with van der Waals surface area (Å²) < 4.78 is 12.4. The highest BCUT2D eigenvalue weighted by atomic mass is 19.1. The third-order valence-electron chi connectivity index (χ3n) is 1.32. The lowest BCUT2D eigenvalue weighted by Crippen LogP contribution is -1.73. The molecule has 2 nitrogen and oxygen atoms in total. The second-order valence-corrected chi connectivity index (χ2v) is 1.98.